The number of rotatable bonds is 4. The SMILES string of the molecule is CCNC(=S)n1[nH]c(C)c(CCC(=O)O)c1=O. The molecular weight excluding hydrogens is 242 g/mol. The molecule has 0 aromatic carbocycles. The van der Waals surface area contributed by atoms with Crippen LogP contribution in [-0.4, -0.2) is 32.5 Å². The van der Waals surface area contributed by atoms with Crippen molar-refractivity contribution in [3.05, 3.63) is 21.6 Å². The Hall–Kier alpha value is -1.63. The minimum atomic E-state index is -0.925. The summed E-state index contributed by atoms with van der Waals surface area (Å²) in [5.74, 6) is -0.925. The van der Waals surface area contributed by atoms with Crippen LogP contribution in [0.15, 0.2) is 4.79 Å². The normalized spacial score (nSPS) is 10.2. The fourth-order valence-electron chi connectivity index (χ4n) is 1.48. The van der Waals surface area contributed by atoms with Gasteiger partial charge in [0, 0.05) is 24.2 Å². The van der Waals surface area contributed by atoms with E-state index in [0.29, 0.717) is 22.9 Å². The Morgan fingerprint density at radius 1 is 1.59 bits per heavy atom. The van der Waals surface area contributed by atoms with Crippen LogP contribution in [0.1, 0.15) is 24.6 Å². The van der Waals surface area contributed by atoms with E-state index in [2.05, 4.69) is 10.4 Å². The number of carboxylic acid groups (broad SMARTS) is 1. The molecule has 1 rings (SSSR count). The number of nitrogens with one attached hydrogen (secondary N) is 2. The first kappa shape index (κ1) is 13.4. The number of hydrogen-bond acceptors (Lipinski definition) is 3. The molecule has 94 valence electrons. The maximum absolute atomic E-state index is 11.9. The van der Waals surface area contributed by atoms with E-state index >= 15 is 0 Å². The van der Waals surface area contributed by atoms with Gasteiger partial charge in [0.25, 0.3) is 5.56 Å². The van der Waals surface area contributed by atoms with Gasteiger partial charge in [0.2, 0.25) is 0 Å². The number of nitrogens with zero attached hydrogens (tertiary/aromatic N) is 1. The number of thiocarbonyl (C=S) groups is 1. The van der Waals surface area contributed by atoms with E-state index in [0.717, 1.165) is 0 Å². The third kappa shape index (κ3) is 3.16. The first-order valence-electron chi connectivity index (χ1n) is 5.27. The van der Waals surface area contributed by atoms with Crippen LogP contribution in [0.2, 0.25) is 0 Å². The van der Waals surface area contributed by atoms with E-state index in [1.807, 2.05) is 6.92 Å². The van der Waals surface area contributed by atoms with E-state index in [-0.39, 0.29) is 18.4 Å². The highest BCUT2D eigenvalue weighted by atomic mass is 32.1. The molecule has 1 aromatic heterocycles. The lowest BCUT2D eigenvalue weighted by molar-refractivity contribution is -0.136. The molecule has 0 amide bonds. The first-order valence-corrected chi connectivity index (χ1v) is 5.68. The Morgan fingerprint density at radius 2 is 2.24 bits per heavy atom. The van der Waals surface area contributed by atoms with Crippen molar-refractivity contribution in [2.24, 2.45) is 0 Å². The summed E-state index contributed by atoms with van der Waals surface area (Å²) >= 11 is 5.02. The summed E-state index contributed by atoms with van der Waals surface area (Å²) in [4.78, 5) is 22.4. The predicted molar refractivity (Wildman–Crippen MR) is 67.4 cm³/mol. The maximum Gasteiger partial charge on any atom is 0.303 e. The minimum absolute atomic E-state index is 0.0676. The lowest BCUT2D eigenvalue weighted by atomic mass is 10.1. The summed E-state index contributed by atoms with van der Waals surface area (Å²) in [6, 6.07) is 0. The zero-order valence-electron chi connectivity index (χ0n) is 9.74. The largest absolute Gasteiger partial charge is 0.481 e. The zero-order valence-corrected chi connectivity index (χ0v) is 10.6. The van der Waals surface area contributed by atoms with Gasteiger partial charge >= 0.3 is 5.97 Å². The number of aliphatic carboxylic acids is 1. The van der Waals surface area contributed by atoms with Crippen molar-refractivity contribution >= 4 is 23.3 Å². The first-order chi connectivity index (χ1) is 7.97. The zero-order chi connectivity index (χ0) is 13.0. The molecule has 0 saturated carbocycles. The van der Waals surface area contributed by atoms with Gasteiger partial charge in [-0.2, -0.15) is 4.68 Å². The van der Waals surface area contributed by atoms with E-state index in [4.69, 9.17) is 17.3 Å². The highest BCUT2D eigenvalue weighted by Gasteiger charge is 2.14. The summed E-state index contributed by atoms with van der Waals surface area (Å²) in [6.07, 6.45) is 0.139. The number of carboxylic acids is 1. The number of hydrogen-bond donors (Lipinski definition) is 3. The van der Waals surface area contributed by atoms with Gasteiger partial charge < -0.3 is 10.4 Å². The number of aromatic amines is 1. The molecule has 1 heterocycles. The van der Waals surface area contributed by atoms with Gasteiger partial charge in [0.05, 0.1) is 0 Å². The predicted octanol–water partition coefficient (Wildman–Crippen LogP) is 0.245. The van der Waals surface area contributed by atoms with Crippen molar-refractivity contribution in [2.45, 2.75) is 26.7 Å². The third-order valence-corrected chi connectivity index (χ3v) is 2.64. The summed E-state index contributed by atoms with van der Waals surface area (Å²) in [6.45, 7) is 4.22. The fourth-order valence-corrected chi connectivity index (χ4v) is 1.75. The smallest absolute Gasteiger partial charge is 0.303 e. The van der Waals surface area contributed by atoms with E-state index in [9.17, 15) is 9.59 Å². The topological polar surface area (TPSA) is 87.1 Å². The lowest BCUT2D eigenvalue weighted by Gasteiger charge is -2.03. The highest BCUT2D eigenvalue weighted by Crippen LogP contribution is 2.03. The Bertz CT molecular complexity index is 489. The van der Waals surface area contributed by atoms with Gasteiger partial charge in [0.15, 0.2) is 5.11 Å². The van der Waals surface area contributed by atoms with Crippen LogP contribution in [0.3, 0.4) is 0 Å². The fraction of sp³-hybridized carbons (Fsp3) is 0.500. The minimum Gasteiger partial charge on any atom is -0.481 e. The van der Waals surface area contributed by atoms with Crippen molar-refractivity contribution in [2.75, 3.05) is 6.54 Å². The van der Waals surface area contributed by atoms with Crippen molar-refractivity contribution in [1.29, 1.82) is 0 Å². The van der Waals surface area contributed by atoms with Gasteiger partial charge in [-0.05, 0) is 32.5 Å². The molecule has 0 aliphatic heterocycles. The summed E-state index contributed by atoms with van der Waals surface area (Å²) in [5, 5.41) is 14.6. The molecule has 0 saturated heterocycles. The molecule has 0 fully saturated rings. The molecular formula is C10H15N3O3S. The van der Waals surface area contributed by atoms with Gasteiger partial charge in [-0.25, -0.2) is 0 Å². The molecule has 0 aliphatic rings. The molecule has 3 N–H and O–H groups in total. The summed E-state index contributed by atoms with van der Waals surface area (Å²) in [5.41, 5.74) is 0.832. The summed E-state index contributed by atoms with van der Waals surface area (Å²) < 4.78 is 1.23. The molecule has 0 atom stereocenters. The Labute approximate surface area is 104 Å². The number of carbonyl (C=O) groups is 1. The van der Waals surface area contributed by atoms with Crippen LogP contribution in [-0.2, 0) is 11.2 Å². The Kier molecular flexibility index (Phi) is 4.45. The van der Waals surface area contributed by atoms with Crippen molar-refractivity contribution in [3.63, 3.8) is 0 Å². The standard InChI is InChI=1S/C10H15N3O3S/c1-3-11-10(17)13-9(16)7(6(2)12-13)4-5-8(14)15/h12H,3-5H2,1-2H3,(H,11,17)(H,14,15). The maximum atomic E-state index is 11.9. The van der Waals surface area contributed by atoms with Crippen molar-refractivity contribution in [3.8, 4) is 0 Å². The van der Waals surface area contributed by atoms with E-state index in [1.165, 1.54) is 4.68 Å². The van der Waals surface area contributed by atoms with Gasteiger partial charge in [0.1, 0.15) is 0 Å². The van der Waals surface area contributed by atoms with Crippen molar-refractivity contribution in [1.82, 2.24) is 15.1 Å². The average molecular weight is 257 g/mol. The van der Waals surface area contributed by atoms with Gasteiger partial charge in [-0.1, -0.05) is 0 Å². The van der Waals surface area contributed by atoms with E-state index < -0.39 is 5.97 Å². The quantitative estimate of drug-likeness (QED) is 0.673. The van der Waals surface area contributed by atoms with Gasteiger partial charge in [-0.15, -0.1) is 0 Å². The number of H-pyrrole nitrogens is 1. The average Bonchev–Trinajstić information content (AvgIpc) is 2.52. The van der Waals surface area contributed by atoms with Gasteiger partial charge in [-0.3, -0.25) is 14.7 Å². The second-order valence-corrected chi connectivity index (χ2v) is 3.97. The summed E-state index contributed by atoms with van der Waals surface area (Å²) in [7, 11) is 0. The number of aryl methyl sites for hydroxylation is 1. The van der Waals surface area contributed by atoms with Crippen LogP contribution in [0.5, 0.6) is 0 Å². The van der Waals surface area contributed by atoms with Crippen LogP contribution >= 0.6 is 12.2 Å². The molecule has 0 bridgehead atoms. The van der Waals surface area contributed by atoms with Crippen LogP contribution < -0.4 is 10.9 Å². The molecule has 6 nitrogen and oxygen atoms in total. The second-order valence-electron chi connectivity index (χ2n) is 3.59. The monoisotopic (exact) mass is 257 g/mol. The highest BCUT2D eigenvalue weighted by molar-refractivity contribution is 7.80. The molecule has 1 aromatic rings. The third-order valence-electron chi connectivity index (χ3n) is 2.31. The number of aromatic nitrogens is 2. The lowest BCUT2D eigenvalue weighted by Crippen LogP contribution is -2.35. The second kappa shape index (κ2) is 5.62. The molecule has 0 radical (unpaired) electrons. The van der Waals surface area contributed by atoms with E-state index in [1.54, 1.807) is 6.92 Å². The van der Waals surface area contributed by atoms with Crippen molar-refractivity contribution < 1.29 is 9.90 Å². The Balaban J connectivity index is 2.97. The van der Waals surface area contributed by atoms with Crippen LogP contribution in [0.4, 0.5) is 0 Å². The molecule has 17 heavy (non-hydrogen) atoms. The van der Waals surface area contributed by atoms with Crippen LogP contribution in [0, 0.1) is 6.92 Å². The molecule has 7 heteroatoms. The molecule has 0 spiro atoms. The van der Waals surface area contributed by atoms with Crippen LogP contribution in [0.25, 0.3) is 0 Å². The Morgan fingerprint density at radius 3 is 2.76 bits per heavy atom. The molecule has 0 aliphatic carbocycles. The molecule has 0 unspecified atom stereocenters.